The van der Waals surface area contributed by atoms with Gasteiger partial charge in [-0.2, -0.15) is 0 Å². The van der Waals surface area contributed by atoms with Crippen LogP contribution in [-0.4, -0.2) is 33.9 Å². The number of hydrogen-bond acceptors (Lipinski definition) is 4. The number of nitrogens with one attached hydrogen (secondary N) is 1. The Labute approximate surface area is 170 Å². The fraction of sp³-hybridized carbons (Fsp3) is 0.143. The largest absolute Gasteiger partial charge is 0.510 e. The average molecular weight is 440 g/mol. The number of nitrogens with zero attached hydrogens (tertiary/aromatic N) is 2. The molecule has 0 saturated carbocycles. The van der Waals surface area contributed by atoms with Crippen LogP contribution in [0.15, 0.2) is 70.2 Å². The summed E-state index contributed by atoms with van der Waals surface area (Å²) in [5, 5.41) is 21.6. The molecule has 0 unspecified atom stereocenters. The van der Waals surface area contributed by atoms with E-state index in [-0.39, 0.29) is 5.76 Å². The Hall–Kier alpha value is -2.44. The Morgan fingerprint density at radius 1 is 1.11 bits per heavy atom. The van der Waals surface area contributed by atoms with E-state index >= 15 is 0 Å². The second-order valence-electron chi connectivity index (χ2n) is 6.37. The predicted octanol–water partition coefficient (Wildman–Crippen LogP) is 5.38. The van der Waals surface area contributed by atoms with E-state index in [1.54, 1.807) is 0 Å². The van der Waals surface area contributed by atoms with Gasteiger partial charge in [0.15, 0.2) is 0 Å². The molecule has 1 aliphatic rings. The number of aliphatic hydroxyl groups excluding tert-OH is 1. The number of amidine groups is 1. The number of hydrogen-bond donors (Lipinski definition) is 2. The van der Waals surface area contributed by atoms with E-state index in [0.717, 1.165) is 22.2 Å². The first-order valence-electron chi connectivity index (χ1n) is 8.63. The van der Waals surface area contributed by atoms with Crippen LogP contribution in [0.3, 0.4) is 0 Å². The molecule has 136 valence electrons. The van der Waals surface area contributed by atoms with Gasteiger partial charge in [-0.3, -0.25) is 5.41 Å². The molecule has 4 rings (SSSR count). The maximum Gasteiger partial charge on any atom is 0.135 e. The van der Waals surface area contributed by atoms with Gasteiger partial charge in [-0.1, -0.05) is 58.4 Å². The number of benzene rings is 2. The van der Waals surface area contributed by atoms with Crippen LogP contribution in [-0.2, 0) is 6.42 Å². The van der Waals surface area contributed by atoms with Crippen LogP contribution in [0.25, 0.3) is 16.8 Å². The molecule has 1 aliphatic heterocycles. The molecule has 0 fully saturated rings. The summed E-state index contributed by atoms with van der Waals surface area (Å²) in [4.78, 5) is 6.56. The van der Waals surface area contributed by atoms with Crippen LogP contribution in [0.4, 0.5) is 0 Å². The first-order chi connectivity index (χ1) is 13.1. The van der Waals surface area contributed by atoms with Crippen LogP contribution in [0.5, 0.6) is 0 Å². The summed E-state index contributed by atoms with van der Waals surface area (Å²) in [5.41, 5.74) is 3.66. The van der Waals surface area contributed by atoms with Crippen LogP contribution in [0.2, 0.25) is 0 Å². The van der Waals surface area contributed by atoms with Crippen molar-refractivity contribution in [3.8, 4) is 11.3 Å². The number of thiazole rings is 1. The Morgan fingerprint density at radius 2 is 1.85 bits per heavy atom. The van der Waals surface area contributed by atoms with Crippen molar-refractivity contribution in [3.05, 3.63) is 80.8 Å². The van der Waals surface area contributed by atoms with E-state index in [1.807, 2.05) is 52.7 Å². The van der Waals surface area contributed by atoms with E-state index in [4.69, 9.17) is 5.41 Å². The van der Waals surface area contributed by atoms with Gasteiger partial charge in [-0.05, 0) is 24.1 Å². The SMILES string of the molecule is N=C1C(c2nc(-c3ccc(Br)cc3)cs2)=C(O)CN1CCc1ccccc1. The van der Waals surface area contributed by atoms with Gasteiger partial charge < -0.3 is 10.0 Å². The van der Waals surface area contributed by atoms with Gasteiger partial charge in [0, 0.05) is 22.0 Å². The fourth-order valence-electron chi connectivity index (χ4n) is 3.10. The highest BCUT2D eigenvalue weighted by Gasteiger charge is 2.30. The molecule has 0 radical (unpaired) electrons. The lowest BCUT2D eigenvalue weighted by Crippen LogP contribution is -2.28. The minimum absolute atomic E-state index is 0.227. The van der Waals surface area contributed by atoms with Crippen LogP contribution in [0, 0.1) is 5.41 Å². The Bertz CT molecular complexity index is 996. The van der Waals surface area contributed by atoms with Gasteiger partial charge in [-0.15, -0.1) is 11.3 Å². The predicted molar refractivity (Wildman–Crippen MR) is 114 cm³/mol. The number of halogens is 1. The van der Waals surface area contributed by atoms with Gasteiger partial charge in [0.25, 0.3) is 0 Å². The van der Waals surface area contributed by atoms with E-state index < -0.39 is 0 Å². The van der Waals surface area contributed by atoms with Crippen molar-refractivity contribution >= 4 is 38.7 Å². The summed E-state index contributed by atoms with van der Waals surface area (Å²) in [6.45, 7) is 1.07. The smallest absolute Gasteiger partial charge is 0.135 e. The normalized spacial score (nSPS) is 14.3. The van der Waals surface area contributed by atoms with Crippen molar-refractivity contribution < 1.29 is 5.11 Å². The molecule has 6 heteroatoms. The second kappa shape index (κ2) is 7.66. The first kappa shape index (κ1) is 17.9. The third-order valence-corrected chi connectivity index (χ3v) is 5.94. The van der Waals surface area contributed by atoms with E-state index in [2.05, 4.69) is 33.0 Å². The van der Waals surface area contributed by atoms with Gasteiger partial charge in [0.1, 0.15) is 16.6 Å². The summed E-state index contributed by atoms with van der Waals surface area (Å²) in [6.07, 6.45) is 0.839. The third kappa shape index (κ3) is 3.82. The number of aliphatic hydroxyl groups is 1. The quantitative estimate of drug-likeness (QED) is 0.560. The van der Waals surface area contributed by atoms with Gasteiger partial charge in [-0.25, -0.2) is 4.98 Å². The second-order valence-corrected chi connectivity index (χ2v) is 8.15. The summed E-state index contributed by atoms with van der Waals surface area (Å²) in [5.74, 6) is 0.574. The number of aromatic nitrogens is 1. The molecule has 1 aromatic heterocycles. The third-order valence-electron chi connectivity index (χ3n) is 4.55. The minimum Gasteiger partial charge on any atom is -0.510 e. The standard InChI is InChI=1S/C21H18BrN3OS/c22-16-8-6-15(7-9-16)17-13-27-21(24-17)19-18(26)12-25(20(19)23)11-10-14-4-2-1-3-5-14/h1-9,13,23,26H,10-12H2. The Morgan fingerprint density at radius 3 is 2.59 bits per heavy atom. The topological polar surface area (TPSA) is 60.2 Å². The molecule has 4 nitrogen and oxygen atoms in total. The zero-order valence-corrected chi connectivity index (χ0v) is 16.9. The molecule has 2 heterocycles. The molecule has 0 saturated heterocycles. The molecule has 27 heavy (non-hydrogen) atoms. The van der Waals surface area contributed by atoms with E-state index in [1.165, 1.54) is 16.9 Å². The van der Waals surface area contributed by atoms with Crippen molar-refractivity contribution in [1.82, 2.24) is 9.88 Å². The molecular weight excluding hydrogens is 422 g/mol. The molecule has 0 amide bonds. The molecule has 0 spiro atoms. The van der Waals surface area contributed by atoms with Crippen LogP contribution in [0.1, 0.15) is 10.6 Å². The maximum atomic E-state index is 10.5. The molecule has 3 aromatic rings. The van der Waals surface area contributed by atoms with Crippen LogP contribution >= 0.6 is 27.3 Å². The molecule has 2 N–H and O–H groups in total. The zero-order valence-electron chi connectivity index (χ0n) is 14.5. The summed E-state index contributed by atoms with van der Waals surface area (Å²) < 4.78 is 1.02. The van der Waals surface area contributed by atoms with Gasteiger partial charge >= 0.3 is 0 Å². The maximum absolute atomic E-state index is 10.5. The number of rotatable bonds is 5. The lowest BCUT2D eigenvalue weighted by Gasteiger charge is -2.18. The lowest BCUT2D eigenvalue weighted by atomic mass is 10.1. The van der Waals surface area contributed by atoms with Crippen molar-refractivity contribution in [1.29, 1.82) is 5.41 Å². The summed E-state index contributed by atoms with van der Waals surface area (Å²) >= 11 is 4.90. The molecular formula is C21H18BrN3OS. The van der Waals surface area contributed by atoms with Crippen molar-refractivity contribution in [2.75, 3.05) is 13.1 Å². The first-order valence-corrected chi connectivity index (χ1v) is 10.3. The Balaban J connectivity index is 1.49. The van der Waals surface area contributed by atoms with E-state index in [9.17, 15) is 5.11 Å². The summed E-state index contributed by atoms with van der Waals surface area (Å²) in [7, 11) is 0. The average Bonchev–Trinajstić information content (AvgIpc) is 3.26. The molecule has 0 atom stereocenters. The highest BCUT2D eigenvalue weighted by molar-refractivity contribution is 9.10. The minimum atomic E-state index is 0.227. The lowest BCUT2D eigenvalue weighted by molar-refractivity contribution is 0.351. The molecule has 0 aliphatic carbocycles. The van der Waals surface area contributed by atoms with Crippen molar-refractivity contribution in [2.45, 2.75) is 6.42 Å². The monoisotopic (exact) mass is 439 g/mol. The molecule has 0 bridgehead atoms. The van der Waals surface area contributed by atoms with Gasteiger partial charge in [0.05, 0.1) is 17.8 Å². The highest BCUT2D eigenvalue weighted by atomic mass is 79.9. The van der Waals surface area contributed by atoms with Crippen molar-refractivity contribution in [2.24, 2.45) is 0 Å². The van der Waals surface area contributed by atoms with E-state index in [0.29, 0.717) is 29.5 Å². The molecule has 2 aromatic carbocycles. The highest BCUT2D eigenvalue weighted by Crippen LogP contribution is 2.32. The fourth-order valence-corrected chi connectivity index (χ4v) is 4.26. The van der Waals surface area contributed by atoms with Crippen LogP contribution < -0.4 is 0 Å². The van der Waals surface area contributed by atoms with Crippen molar-refractivity contribution in [3.63, 3.8) is 0 Å². The summed E-state index contributed by atoms with van der Waals surface area (Å²) in [6, 6.07) is 18.2. The zero-order chi connectivity index (χ0) is 18.8. The Kier molecular flexibility index (Phi) is 5.09. The van der Waals surface area contributed by atoms with Gasteiger partial charge in [0.2, 0.25) is 0 Å².